The first-order valence-electron chi connectivity index (χ1n) is 5.39. The quantitative estimate of drug-likeness (QED) is 0.625. The normalized spacial score (nSPS) is 12.2. The Bertz CT molecular complexity index is 398. The van der Waals surface area contributed by atoms with Crippen molar-refractivity contribution in [1.82, 2.24) is 4.98 Å². The third kappa shape index (κ3) is 4.22. The van der Waals surface area contributed by atoms with Gasteiger partial charge in [0.2, 0.25) is 0 Å². The van der Waals surface area contributed by atoms with Crippen LogP contribution in [0.15, 0.2) is 12.1 Å². The summed E-state index contributed by atoms with van der Waals surface area (Å²) in [5.41, 5.74) is 0.505. The van der Waals surface area contributed by atoms with Crippen molar-refractivity contribution in [2.75, 3.05) is 23.9 Å². The highest BCUT2D eigenvalue weighted by Crippen LogP contribution is 2.18. The summed E-state index contributed by atoms with van der Waals surface area (Å²) in [6, 6.07) is 3.14. The molecule has 5 nitrogen and oxygen atoms in total. The molecule has 1 aromatic heterocycles. The molecule has 1 rings (SSSR count). The third-order valence-corrected chi connectivity index (χ3v) is 3.24. The average Bonchev–Trinajstić information content (AvgIpc) is 2.26. The molecule has 0 aliphatic heterocycles. The van der Waals surface area contributed by atoms with E-state index >= 15 is 0 Å². The van der Waals surface area contributed by atoms with Gasteiger partial charge in [0.25, 0.3) is 5.69 Å². The van der Waals surface area contributed by atoms with Crippen LogP contribution in [0.2, 0.25) is 0 Å². The smallest absolute Gasteiger partial charge is 0.290 e. The molecule has 6 heteroatoms. The van der Waals surface area contributed by atoms with Crippen LogP contribution in [-0.2, 0) is 0 Å². The molecule has 0 amide bonds. The van der Waals surface area contributed by atoms with E-state index in [2.05, 4.69) is 23.5 Å². The number of nitrogens with zero attached hydrogens (tertiary/aromatic N) is 2. The number of nitro groups is 1. The number of hydrogen-bond donors (Lipinski definition) is 1. The molecule has 1 aromatic rings. The lowest BCUT2D eigenvalue weighted by molar-refractivity contribution is -0.385. The molecule has 0 aliphatic rings. The maximum atomic E-state index is 10.6. The van der Waals surface area contributed by atoms with Crippen molar-refractivity contribution in [3.05, 3.63) is 27.9 Å². The van der Waals surface area contributed by atoms with Gasteiger partial charge in [-0.3, -0.25) is 10.1 Å². The van der Waals surface area contributed by atoms with E-state index in [9.17, 15) is 10.1 Å². The van der Waals surface area contributed by atoms with Crippen molar-refractivity contribution in [2.24, 2.45) is 5.92 Å². The minimum absolute atomic E-state index is 0.0627. The minimum Gasteiger partial charge on any atom is -0.370 e. The lowest BCUT2D eigenvalue weighted by atomic mass is 10.2. The van der Waals surface area contributed by atoms with Crippen molar-refractivity contribution in [2.45, 2.75) is 13.8 Å². The van der Waals surface area contributed by atoms with E-state index in [4.69, 9.17) is 0 Å². The molecule has 17 heavy (non-hydrogen) atoms. The van der Waals surface area contributed by atoms with Gasteiger partial charge < -0.3 is 5.32 Å². The first kappa shape index (κ1) is 13.8. The molecule has 0 saturated carbocycles. The summed E-state index contributed by atoms with van der Waals surface area (Å²) in [4.78, 5) is 14.4. The molecule has 1 atom stereocenters. The molecule has 0 fully saturated rings. The van der Waals surface area contributed by atoms with Crippen LogP contribution < -0.4 is 5.32 Å². The Hall–Kier alpha value is -1.30. The monoisotopic (exact) mass is 255 g/mol. The van der Waals surface area contributed by atoms with Crippen LogP contribution in [0.5, 0.6) is 0 Å². The second kappa shape index (κ2) is 6.44. The Morgan fingerprint density at radius 3 is 2.82 bits per heavy atom. The topological polar surface area (TPSA) is 68.1 Å². The molecule has 94 valence electrons. The number of pyridine rings is 1. The first-order valence-corrected chi connectivity index (χ1v) is 6.78. The van der Waals surface area contributed by atoms with Crippen molar-refractivity contribution in [3.63, 3.8) is 0 Å². The number of rotatable bonds is 6. The van der Waals surface area contributed by atoms with Crippen molar-refractivity contribution in [3.8, 4) is 0 Å². The first-order chi connectivity index (χ1) is 8.04. The Morgan fingerprint density at radius 2 is 2.29 bits per heavy atom. The van der Waals surface area contributed by atoms with Crippen LogP contribution in [0.1, 0.15) is 12.6 Å². The van der Waals surface area contributed by atoms with Gasteiger partial charge in [0.15, 0.2) is 0 Å². The lowest BCUT2D eigenvalue weighted by Gasteiger charge is -2.11. The number of aryl methyl sites for hydroxylation is 1. The maximum Gasteiger partial charge on any atom is 0.290 e. The standard InChI is InChI=1S/C11H17N3O2S/c1-8(7-17-3)6-12-11-5-4-10(14(15)16)9(2)13-11/h4-5,8H,6-7H2,1-3H3,(H,12,13). The van der Waals surface area contributed by atoms with E-state index in [1.54, 1.807) is 24.8 Å². The van der Waals surface area contributed by atoms with Crippen LogP contribution in [0, 0.1) is 23.0 Å². The molecule has 0 radical (unpaired) electrons. The van der Waals surface area contributed by atoms with E-state index in [1.165, 1.54) is 6.07 Å². The molecule has 0 aromatic carbocycles. The van der Waals surface area contributed by atoms with Gasteiger partial charge in [-0.2, -0.15) is 11.8 Å². The van der Waals surface area contributed by atoms with Crippen LogP contribution in [0.25, 0.3) is 0 Å². The third-order valence-electron chi connectivity index (χ3n) is 2.34. The molecule has 1 unspecified atom stereocenters. The number of aromatic nitrogens is 1. The number of nitrogens with one attached hydrogen (secondary N) is 1. The second-order valence-corrected chi connectivity index (χ2v) is 4.91. The number of anilines is 1. The van der Waals surface area contributed by atoms with E-state index in [1.807, 2.05) is 0 Å². The molecule has 0 saturated heterocycles. The van der Waals surface area contributed by atoms with Crippen LogP contribution >= 0.6 is 11.8 Å². The summed E-state index contributed by atoms with van der Waals surface area (Å²) in [6.07, 6.45) is 2.07. The molecule has 0 aliphatic carbocycles. The molecule has 0 spiro atoms. The summed E-state index contributed by atoms with van der Waals surface area (Å²) in [6.45, 7) is 4.63. The number of thioether (sulfide) groups is 1. The molecule has 1 N–H and O–H groups in total. The average molecular weight is 255 g/mol. The van der Waals surface area contributed by atoms with Crippen LogP contribution in [0.4, 0.5) is 11.5 Å². The predicted molar refractivity (Wildman–Crippen MR) is 71.7 cm³/mol. The Morgan fingerprint density at radius 1 is 1.59 bits per heavy atom. The van der Waals surface area contributed by atoms with Gasteiger partial charge in [-0.15, -0.1) is 0 Å². The van der Waals surface area contributed by atoms with Gasteiger partial charge in [0.1, 0.15) is 11.5 Å². The highest BCUT2D eigenvalue weighted by Gasteiger charge is 2.11. The van der Waals surface area contributed by atoms with E-state index < -0.39 is 4.92 Å². The largest absolute Gasteiger partial charge is 0.370 e. The summed E-state index contributed by atoms with van der Waals surface area (Å²) < 4.78 is 0. The molecular weight excluding hydrogens is 238 g/mol. The zero-order valence-corrected chi connectivity index (χ0v) is 11.1. The molecule has 1 heterocycles. The zero-order chi connectivity index (χ0) is 12.8. The fourth-order valence-corrected chi connectivity index (χ4v) is 2.15. The minimum atomic E-state index is -0.414. The van der Waals surface area contributed by atoms with E-state index in [-0.39, 0.29) is 5.69 Å². The van der Waals surface area contributed by atoms with Crippen molar-refractivity contribution < 1.29 is 4.92 Å². The highest BCUT2D eigenvalue weighted by atomic mass is 32.2. The van der Waals surface area contributed by atoms with Gasteiger partial charge in [0.05, 0.1) is 4.92 Å². The van der Waals surface area contributed by atoms with Gasteiger partial charge in [0, 0.05) is 12.6 Å². The lowest BCUT2D eigenvalue weighted by Crippen LogP contribution is -2.14. The maximum absolute atomic E-state index is 10.6. The molecule has 0 bridgehead atoms. The fraction of sp³-hybridized carbons (Fsp3) is 0.545. The Kier molecular flexibility index (Phi) is 5.21. The van der Waals surface area contributed by atoms with Gasteiger partial charge >= 0.3 is 0 Å². The van der Waals surface area contributed by atoms with Crippen LogP contribution in [0.3, 0.4) is 0 Å². The van der Waals surface area contributed by atoms with E-state index in [0.717, 1.165) is 12.3 Å². The Balaban J connectivity index is 2.62. The summed E-state index contributed by atoms with van der Waals surface area (Å²) in [5, 5.41) is 13.8. The van der Waals surface area contributed by atoms with E-state index in [0.29, 0.717) is 17.4 Å². The Labute approximate surface area is 105 Å². The zero-order valence-electron chi connectivity index (χ0n) is 10.3. The summed E-state index contributed by atoms with van der Waals surface area (Å²) in [7, 11) is 0. The summed E-state index contributed by atoms with van der Waals surface area (Å²) >= 11 is 1.80. The van der Waals surface area contributed by atoms with Gasteiger partial charge in [-0.1, -0.05) is 6.92 Å². The summed E-state index contributed by atoms with van der Waals surface area (Å²) in [5.74, 6) is 2.32. The van der Waals surface area contributed by atoms with Gasteiger partial charge in [-0.05, 0) is 30.9 Å². The van der Waals surface area contributed by atoms with Gasteiger partial charge in [-0.25, -0.2) is 4.98 Å². The molecular formula is C11H17N3O2S. The van der Waals surface area contributed by atoms with Crippen molar-refractivity contribution in [1.29, 1.82) is 0 Å². The van der Waals surface area contributed by atoms with Crippen molar-refractivity contribution >= 4 is 23.3 Å². The SMILES string of the molecule is CSCC(C)CNc1ccc([N+](=O)[O-])c(C)n1. The predicted octanol–water partition coefficient (Wildman–Crippen LogP) is 2.71. The second-order valence-electron chi connectivity index (χ2n) is 4.00. The highest BCUT2D eigenvalue weighted by molar-refractivity contribution is 7.98. The van der Waals surface area contributed by atoms with Crippen LogP contribution in [-0.4, -0.2) is 28.5 Å². The fourth-order valence-electron chi connectivity index (χ4n) is 1.47. The number of hydrogen-bond acceptors (Lipinski definition) is 5.